The molecule has 1 aromatic rings. The fourth-order valence-electron chi connectivity index (χ4n) is 2.03. The molecular weight excluding hydrogens is 242 g/mol. The van der Waals surface area contributed by atoms with Crippen molar-refractivity contribution in [2.24, 2.45) is 0 Å². The lowest BCUT2D eigenvalue weighted by molar-refractivity contribution is -0.143. The van der Waals surface area contributed by atoms with E-state index in [0.29, 0.717) is 18.1 Å². The quantitative estimate of drug-likeness (QED) is 0.871. The maximum Gasteiger partial charge on any atom is 0.332 e. The van der Waals surface area contributed by atoms with Gasteiger partial charge in [0.2, 0.25) is 0 Å². The number of halogens is 1. The van der Waals surface area contributed by atoms with Gasteiger partial charge >= 0.3 is 5.97 Å². The largest absolute Gasteiger partial charge is 0.479 e. The van der Waals surface area contributed by atoms with Gasteiger partial charge in [-0.1, -0.05) is 11.6 Å². The van der Waals surface area contributed by atoms with Crippen LogP contribution in [0.15, 0.2) is 24.3 Å². The van der Waals surface area contributed by atoms with Crippen LogP contribution in [-0.4, -0.2) is 29.3 Å². The maximum absolute atomic E-state index is 11.4. The molecule has 5 heteroatoms. The first-order valence-corrected chi connectivity index (χ1v) is 5.81. The van der Waals surface area contributed by atoms with Crippen molar-refractivity contribution in [1.29, 1.82) is 0 Å². The minimum atomic E-state index is -1.05. The van der Waals surface area contributed by atoms with Crippen molar-refractivity contribution < 1.29 is 14.6 Å². The van der Waals surface area contributed by atoms with Gasteiger partial charge in [-0.05, 0) is 31.2 Å². The molecule has 0 amide bonds. The molecule has 1 fully saturated rings. The van der Waals surface area contributed by atoms with Crippen molar-refractivity contribution in [3.05, 3.63) is 29.3 Å². The van der Waals surface area contributed by atoms with Crippen LogP contribution in [0.25, 0.3) is 0 Å². The monoisotopic (exact) mass is 255 g/mol. The SMILES string of the molecule is CC1OCCC1(Nc1ccc(Cl)cc1)C(=O)O. The number of ether oxygens (including phenoxy) is 1. The third-order valence-electron chi connectivity index (χ3n) is 3.15. The van der Waals surface area contributed by atoms with Crippen LogP contribution >= 0.6 is 11.6 Å². The van der Waals surface area contributed by atoms with Gasteiger partial charge in [-0.2, -0.15) is 0 Å². The summed E-state index contributed by atoms with van der Waals surface area (Å²) in [5.74, 6) is -0.891. The molecule has 2 rings (SSSR count). The van der Waals surface area contributed by atoms with Crippen LogP contribution in [0.5, 0.6) is 0 Å². The highest BCUT2D eigenvalue weighted by Gasteiger charge is 2.48. The molecule has 0 bridgehead atoms. The zero-order valence-corrected chi connectivity index (χ0v) is 10.2. The van der Waals surface area contributed by atoms with Crippen LogP contribution in [0.1, 0.15) is 13.3 Å². The van der Waals surface area contributed by atoms with E-state index in [2.05, 4.69) is 5.32 Å². The summed E-state index contributed by atoms with van der Waals surface area (Å²) in [5, 5.41) is 13.1. The molecule has 92 valence electrons. The predicted octanol–water partition coefficient (Wildman–Crippen LogP) is 2.38. The van der Waals surface area contributed by atoms with E-state index in [9.17, 15) is 9.90 Å². The Hall–Kier alpha value is -1.26. The van der Waals surface area contributed by atoms with Gasteiger partial charge < -0.3 is 15.2 Å². The Bertz CT molecular complexity index is 420. The molecule has 2 unspecified atom stereocenters. The van der Waals surface area contributed by atoms with Crippen molar-refractivity contribution in [2.45, 2.75) is 25.0 Å². The number of carboxylic acid groups (broad SMARTS) is 1. The van der Waals surface area contributed by atoms with Gasteiger partial charge in [0, 0.05) is 23.7 Å². The molecule has 0 spiro atoms. The molecule has 17 heavy (non-hydrogen) atoms. The zero-order valence-electron chi connectivity index (χ0n) is 9.44. The number of carbonyl (C=O) groups is 1. The third kappa shape index (κ3) is 2.23. The van der Waals surface area contributed by atoms with Gasteiger partial charge in [0.15, 0.2) is 5.54 Å². The molecule has 1 aromatic carbocycles. The number of anilines is 1. The molecule has 2 atom stereocenters. The van der Waals surface area contributed by atoms with E-state index in [1.165, 1.54) is 0 Å². The van der Waals surface area contributed by atoms with Crippen molar-refractivity contribution in [3.63, 3.8) is 0 Å². The van der Waals surface area contributed by atoms with Gasteiger partial charge in [-0.15, -0.1) is 0 Å². The molecule has 4 nitrogen and oxygen atoms in total. The molecule has 1 aliphatic heterocycles. The molecular formula is C12H14ClNO3. The Morgan fingerprint density at radius 1 is 1.53 bits per heavy atom. The second-order valence-corrected chi connectivity index (χ2v) is 4.61. The molecule has 0 aromatic heterocycles. The lowest BCUT2D eigenvalue weighted by Crippen LogP contribution is -2.51. The van der Waals surface area contributed by atoms with Gasteiger partial charge in [-0.25, -0.2) is 4.79 Å². The molecule has 1 heterocycles. The van der Waals surface area contributed by atoms with Crippen LogP contribution in [-0.2, 0) is 9.53 Å². The Morgan fingerprint density at radius 3 is 2.65 bits per heavy atom. The summed E-state index contributed by atoms with van der Waals surface area (Å²) in [7, 11) is 0. The second-order valence-electron chi connectivity index (χ2n) is 4.17. The Labute approximate surface area is 105 Å². The Balaban J connectivity index is 2.24. The lowest BCUT2D eigenvalue weighted by atomic mass is 9.91. The van der Waals surface area contributed by atoms with E-state index in [1.807, 2.05) is 0 Å². The van der Waals surface area contributed by atoms with E-state index in [-0.39, 0.29) is 6.10 Å². The number of rotatable bonds is 3. The van der Waals surface area contributed by atoms with Crippen LogP contribution in [0.2, 0.25) is 5.02 Å². The summed E-state index contributed by atoms with van der Waals surface area (Å²) < 4.78 is 5.36. The number of benzene rings is 1. The minimum absolute atomic E-state index is 0.365. The van der Waals surface area contributed by atoms with E-state index >= 15 is 0 Å². The maximum atomic E-state index is 11.4. The zero-order chi connectivity index (χ0) is 12.5. The van der Waals surface area contributed by atoms with Gasteiger partial charge in [0.05, 0.1) is 6.10 Å². The molecule has 1 saturated heterocycles. The van der Waals surface area contributed by atoms with Crippen molar-refractivity contribution in [1.82, 2.24) is 0 Å². The highest BCUT2D eigenvalue weighted by atomic mass is 35.5. The van der Waals surface area contributed by atoms with E-state index in [0.717, 1.165) is 5.69 Å². The Kier molecular flexibility index (Phi) is 3.26. The molecule has 1 aliphatic rings. The van der Waals surface area contributed by atoms with E-state index < -0.39 is 11.5 Å². The first-order valence-electron chi connectivity index (χ1n) is 5.43. The van der Waals surface area contributed by atoms with Crippen LogP contribution < -0.4 is 5.32 Å². The average Bonchev–Trinajstić information content (AvgIpc) is 2.65. The topological polar surface area (TPSA) is 58.6 Å². The Morgan fingerprint density at radius 2 is 2.18 bits per heavy atom. The number of hydrogen-bond acceptors (Lipinski definition) is 3. The smallest absolute Gasteiger partial charge is 0.332 e. The first-order chi connectivity index (χ1) is 8.04. The highest BCUT2D eigenvalue weighted by molar-refractivity contribution is 6.30. The molecule has 0 radical (unpaired) electrons. The van der Waals surface area contributed by atoms with Gasteiger partial charge in [-0.3, -0.25) is 0 Å². The third-order valence-corrected chi connectivity index (χ3v) is 3.40. The average molecular weight is 256 g/mol. The van der Waals surface area contributed by atoms with Gasteiger partial charge in [0.1, 0.15) is 0 Å². The molecule has 2 N–H and O–H groups in total. The molecule has 0 aliphatic carbocycles. The number of nitrogens with one attached hydrogen (secondary N) is 1. The summed E-state index contributed by atoms with van der Waals surface area (Å²) in [4.78, 5) is 11.4. The lowest BCUT2D eigenvalue weighted by Gasteiger charge is -2.29. The van der Waals surface area contributed by atoms with E-state index in [1.54, 1.807) is 31.2 Å². The van der Waals surface area contributed by atoms with Crippen LogP contribution in [0.3, 0.4) is 0 Å². The molecule has 0 saturated carbocycles. The number of hydrogen-bond donors (Lipinski definition) is 2. The van der Waals surface area contributed by atoms with Crippen molar-refractivity contribution >= 4 is 23.3 Å². The fraction of sp³-hybridized carbons (Fsp3) is 0.417. The standard InChI is InChI=1S/C12H14ClNO3/c1-8-12(11(15)16,6-7-17-8)14-10-4-2-9(13)3-5-10/h2-5,8,14H,6-7H2,1H3,(H,15,16). The summed E-state index contributed by atoms with van der Waals surface area (Å²) in [6.45, 7) is 2.22. The summed E-state index contributed by atoms with van der Waals surface area (Å²) in [6, 6.07) is 6.97. The second kappa shape index (κ2) is 4.55. The van der Waals surface area contributed by atoms with Crippen molar-refractivity contribution in [2.75, 3.05) is 11.9 Å². The first kappa shape index (κ1) is 12.2. The van der Waals surface area contributed by atoms with Crippen LogP contribution in [0, 0.1) is 0 Å². The summed E-state index contributed by atoms with van der Waals surface area (Å²) >= 11 is 5.79. The van der Waals surface area contributed by atoms with Crippen LogP contribution in [0.4, 0.5) is 5.69 Å². The summed E-state index contributed by atoms with van der Waals surface area (Å²) in [6.07, 6.45) is 0.0854. The van der Waals surface area contributed by atoms with Gasteiger partial charge in [0.25, 0.3) is 0 Å². The minimum Gasteiger partial charge on any atom is -0.479 e. The predicted molar refractivity (Wildman–Crippen MR) is 65.5 cm³/mol. The summed E-state index contributed by atoms with van der Waals surface area (Å²) in [5.41, 5.74) is -0.317. The number of aliphatic carboxylic acids is 1. The number of carboxylic acids is 1. The van der Waals surface area contributed by atoms with E-state index in [4.69, 9.17) is 16.3 Å². The normalized spacial score (nSPS) is 28.0. The fourth-order valence-corrected chi connectivity index (χ4v) is 2.16. The highest BCUT2D eigenvalue weighted by Crippen LogP contribution is 2.30. The van der Waals surface area contributed by atoms with Crippen molar-refractivity contribution in [3.8, 4) is 0 Å².